The van der Waals surface area contributed by atoms with Gasteiger partial charge in [-0.3, -0.25) is 19.7 Å². The number of primary amides is 1. The summed E-state index contributed by atoms with van der Waals surface area (Å²) in [5.74, 6) is -1.71. The molecule has 2 rings (SSSR count). The Morgan fingerprint density at radius 1 is 1.14 bits per heavy atom. The summed E-state index contributed by atoms with van der Waals surface area (Å²) in [6, 6.07) is 8.05. The van der Waals surface area contributed by atoms with Crippen molar-refractivity contribution in [3.05, 3.63) is 68.8 Å². The van der Waals surface area contributed by atoms with Crippen LogP contribution in [0.4, 0.5) is 24.5 Å². The highest BCUT2D eigenvalue weighted by molar-refractivity contribution is 5.95. The Morgan fingerprint density at radius 2 is 1.79 bits per heavy atom. The lowest BCUT2D eigenvalue weighted by Crippen LogP contribution is -2.33. The third-order valence-electron chi connectivity index (χ3n) is 3.98. The summed E-state index contributed by atoms with van der Waals surface area (Å²) in [6.07, 6.45) is -4.53. The topological polar surface area (TPSA) is 127 Å². The van der Waals surface area contributed by atoms with Gasteiger partial charge in [-0.2, -0.15) is 13.2 Å². The summed E-state index contributed by atoms with van der Waals surface area (Å²) < 4.78 is 36.8. The molecule has 0 aliphatic rings. The van der Waals surface area contributed by atoms with Crippen molar-refractivity contribution in [2.24, 2.45) is 5.73 Å². The van der Waals surface area contributed by atoms with Crippen molar-refractivity contribution in [3.8, 4) is 0 Å². The van der Waals surface area contributed by atoms with Crippen LogP contribution in [0, 0.1) is 17.0 Å². The molecule has 0 saturated carbocycles. The molecule has 29 heavy (non-hydrogen) atoms. The van der Waals surface area contributed by atoms with E-state index in [0.29, 0.717) is 11.3 Å². The first kappa shape index (κ1) is 21.7. The van der Waals surface area contributed by atoms with E-state index >= 15 is 0 Å². The predicted octanol–water partition coefficient (Wildman–Crippen LogP) is 2.91. The number of benzene rings is 2. The van der Waals surface area contributed by atoms with Gasteiger partial charge in [-0.15, -0.1) is 0 Å². The molecule has 8 nitrogen and oxygen atoms in total. The van der Waals surface area contributed by atoms with Crippen molar-refractivity contribution in [1.29, 1.82) is 0 Å². The quantitative estimate of drug-likeness (QED) is 0.478. The number of hydrogen-bond donors (Lipinski definition) is 3. The number of halogens is 3. The Hall–Kier alpha value is -3.63. The first-order chi connectivity index (χ1) is 13.5. The minimum Gasteiger partial charge on any atom is -0.380 e. The van der Waals surface area contributed by atoms with E-state index in [1.54, 1.807) is 12.2 Å². The number of nitrogens with zero attached hydrogens (tertiary/aromatic N) is 1. The molecule has 0 aliphatic carbocycles. The highest BCUT2D eigenvalue weighted by Crippen LogP contribution is 2.23. The molecule has 4 N–H and O–H groups in total. The predicted molar refractivity (Wildman–Crippen MR) is 98.5 cm³/mol. The maximum absolute atomic E-state index is 12.3. The van der Waals surface area contributed by atoms with Crippen LogP contribution < -0.4 is 16.4 Å². The maximum Gasteiger partial charge on any atom is 0.405 e. The molecule has 0 fully saturated rings. The highest BCUT2D eigenvalue weighted by atomic mass is 19.4. The number of aryl methyl sites for hydroxylation is 1. The second-order valence-electron chi connectivity index (χ2n) is 6.15. The molecule has 0 radical (unpaired) electrons. The number of carbonyl (C=O) groups is 2. The number of alkyl halides is 3. The van der Waals surface area contributed by atoms with Gasteiger partial charge in [0.25, 0.3) is 11.6 Å². The van der Waals surface area contributed by atoms with Gasteiger partial charge >= 0.3 is 6.18 Å². The summed E-state index contributed by atoms with van der Waals surface area (Å²) >= 11 is 0. The van der Waals surface area contributed by atoms with Crippen LogP contribution in [0.3, 0.4) is 0 Å². The molecule has 0 aliphatic heterocycles. The van der Waals surface area contributed by atoms with Gasteiger partial charge < -0.3 is 16.4 Å². The molecule has 11 heteroatoms. The van der Waals surface area contributed by atoms with Crippen LogP contribution in [0.25, 0.3) is 0 Å². The van der Waals surface area contributed by atoms with E-state index in [9.17, 15) is 32.9 Å². The minimum absolute atomic E-state index is 0.000857. The van der Waals surface area contributed by atoms with E-state index in [1.165, 1.54) is 30.3 Å². The summed E-state index contributed by atoms with van der Waals surface area (Å²) in [5.41, 5.74) is 6.15. The van der Waals surface area contributed by atoms with Crippen molar-refractivity contribution in [3.63, 3.8) is 0 Å². The van der Waals surface area contributed by atoms with Gasteiger partial charge in [-0.05, 0) is 36.8 Å². The zero-order valence-electron chi connectivity index (χ0n) is 15.2. The molecule has 2 aromatic carbocycles. The molecule has 0 atom stereocenters. The van der Waals surface area contributed by atoms with Crippen LogP contribution in [0.5, 0.6) is 0 Å². The summed E-state index contributed by atoms with van der Waals surface area (Å²) in [7, 11) is 0. The van der Waals surface area contributed by atoms with Gasteiger partial charge in [-0.1, -0.05) is 6.07 Å². The van der Waals surface area contributed by atoms with Crippen LogP contribution in [0.1, 0.15) is 31.8 Å². The molecule has 154 valence electrons. The van der Waals surface area contributed by atoms with Crippen molar-refractivity contribution in [1.82, 2.24) is 5.32 Å². The van der Waals surface area contributed by atoms with Gasteiger partial charge in [0.15, 0.2) is 0 Å². The Morgan fingerprint density at radius 3 is 2.38 bits per heavy atom. The third-order valence-corrected chi connectivity index (χ3v) is 3.98. The van der Waals surface area contributed by atoms with E-state index in [1.807, 2.05) is 0 Å². The van der Waals surface area contributed by atoms with Gasteiger partial charge in [-0.25, -0.2) is 0 Å². The van der Waals surface area contributed by atoms with Crippen molar-refractivity contribution in [2.45, 2.75) is 19.6 Å². The summed E-state index contributed by atoms with van der Waals surface area (Å²) in [6.45, 7) is 0.217. The minimum atomic E-state index is -4.53. The zero-order chi connectivity index (χ0) is 21.8. The lowest BCUT2D eigenvalue weighted by Gasteiger charge is -2.13. The van der Waals surface area contributed by atoms with Crippen LogP contribution in [-0.4, -0.2) is 29.5 Å². The number of nitrogens with one attached hydrogen (secondary N) is 2. The molecule has 2 amide bonds. The lowest BCUT2D eigenvalue weighted by atomic mass is 10.1. The Balaban J connectivity index is 2.20. The van der Waals surface area contributed by atoms with E-state index < -0.39 is 29.5 Å². The largest absolute Gasteiger partial charge is 0.405 e. The monoisotopic (exact) mass is 410 g/mol. The number of carbonyl (C=O) groups excluding carboxylic acids is 2. The normalized spacial score (nSPS) is 11.0. The van der Waals surface area contributed by atoms with Crippen LogP contribution >= 0.6 is 0 Å². The molecule has 2 aromatic rings. The standard InChI is InChI=1S/C18H17F3N4O4/c1-10-2-3-12(17(27)24-9-18(19,20)21)6-14(10)23-8-13-5-4-11(16(22)26)7-15(13)25(28)29/h2-7,23H,8-9H2,1H3,(H2,22,26)(H,24,27). The fourth-order valence-corrected chi connectivity index (χ4v) is 2.46. The molecular formula is C18H17F3N4O4. The number of rotatable bonds is 7. The number of hydrogen-bond acceptors (Lipinski definition) is 5. The van der Waals surface area contributed by atoms with Gasteiger partial charge in [0.05, 0.1) is 4.92 Å². The smallest absolute Gasteiger partial charge is 0.380 e. The number of nitrogens with two attached hydrogens (primary N) is 1. The molecule has 0 unspecified atom stereocenters. The Labute approximate surface area is 163 Å². The first-order valence-corrected chi connectivity index (χ1v) is 8.24. The number of nitro benzene ring substituents is 1. The number of anilines is 1. The van der Waals surface area contributed by atoms with Gasteiger partial charge in [0.1, 0.15) is 6.54 Å². The second-order valence-corrected chi connectivity index (χ2v) is 6.15. The molecule has 0 spiro atoms. The van der Waals surface area contributed by atoms with Gasteiger partial charge in [0, 0.05) is 35.0 Å². The molecular weight excluding hydrogens is 393 g/mol. The van der Waals surface area contributed by atoms with Crippen molar-refractivity contribution in [2.75, 3.05) is 11.9 Å². The SMILES string of the molecule is Cc1ccc(C(=O)NCC(F)(F)F)cc1NCc1ccc(C(N)=O)cc1[N+](=O)[O-]. The van der Waals surface area contributed by atoms with Crippen LogP contribution in [0.2, 0.25) is 0 Å². The van der Waals surface area contributed by atoms with Crippen LogP contribution in [0.15, 0.2) is 36.4 Å². The van der Waals surface area contributed by atoms with E-state index in [0.717, 1.165) is 6.07 Å². The maximum atomic E-state index is 12.3. The highest BCUT2D eigenvalue weighted by Gasteiger charge is 2.28. The molecule has 0 aromatic heterocycles. The average molecular weight is 410 g/mol. The summed E-state index contributed by atoms with van der Waals surface area (Å²) in [4.78, 5) is 33.7. The summed E-state index contributed by atoms with van der Waals surface area (Å²) in [5, 5.41) is 15.9. The van der Waals surface area contributed by atoms with Crippen molar-refractivity contribution >= 4 is 23.2 Å². The molecule has 0 heterocycles. The number of nitro groups is 1. The lowest BCUT2D eigenvalue weighted by molar-refractivity contribution is -0.385. The average Bonchev–Trinajstić information content (AvgIpc) is 2.64. The fourth-order valence-electron chi connectivity index (χ4n) is 2.46. The van der Waals surface area contributed by atoms with Gasteiger partial charge in [0.2, 0.25) is 5.91 Å². The Bertz CT molecular complexity index is 961. The zero-order valence-corrected chi connectivity index (χ0v) is 15.2. The van der Waals surface area contributed by atoms with E-state index in [2.05, 4.69) is 5.32 Å². The van der Waals surface area contributed by atoms with Crippen molar-refractivity contribution < 1.29 is 27.7 Å². The van der Waals surface area contributed by atoms with E-state index in [-0.39, 0.29) is 28.9 Å². The van der Waals surface area contributed by atoms with Crippen LogP contribution in [-0.2, 0) is 6.54 Å². The molecule has 0 bridgehead atoms. The third kappa shape index (κ3) is 5.92. The second kappa shape index (κ2) is 8.59. The first-order valence-electron chi connectivity index (χ1n) is 8.24. The Kier molecular flexibility index (Phi) is 6.42. The van der Waals surface area contributed by atoms with E-state index in [4.69, 9.17) is 5.73 Å². The fraction of sp³-hybridized carbons (Fsp3) is 0.222. The molecule has 0 saturated heterocycles. The number of amides is 2.